The SMILES string of the molecule is COC(=O)C(N)Cc1cc(C)n(Cc2ccco2)c1C. The lowest BCUT2D eigenvalue weighted by Crippen LogP contribution is -2.33. The maximum atomic E-state index is 11.4. The minimum Gasteiger partial charge on any atom is -0.468 e. The van der Waals surface area contributed by atoms with Crippen LogP contribution in [0.25, 0.3) is 0 Å². The van der Waals surface area contributed by atoms with Gasteiger partial charge >= 0.3 is 5.97 Å². The number of aromatic nitrogens is 1. The monoisotopic (exact) mass is 276 g/mol. The highest BCUT2D eigenvalue weighted by Gasteiger charge is 2.18. The van der Waals surface area contributed by atoms with Crippen LogP contribution in [0.3, 0.4) is 0 Å². The van der Waals surface area contributed by atoms with Gasteiger partial charge in [-0.3, -0.25) is 4.79 Å². The molecule has 2 aromatic rings. The number of carbonyl (C=O) groups is 1. The van der Waals surface area contributed by atoms with E-state index in [1.807, 2.05) is 26.0 Å². The number of aryl methyl sites for hydroxylation is 1. The minimum absolute atomic E-state index is 0.388. The Balaban J connectivity index is 2.18. The van der Waals surface area contributed by atoms with E-state index in [1.54, 1.807) is 6.26 Å². The summed E-state index contributed by atoms with van der Waals surface area (Å²) in [5.41, 5.74) is 9.10. The first kappa shape index (κ1) is 14.4. The summed E-state index contributed by atoms with van der Waals surface area (Å²) in [5.74, 6) is 0.511. The van der Waals surface area contributed by atoms with Crippen molar-refractivity contribution in [3.05, 3.63) is 47.2 Å². The van der Waals surface area contributed by atoms with E-state index in [9.17, 15) is 4.79 Å². The molecule has 0 aliphatic carbocycles. The van der Waals surface area contributed by atoms with E-state index >= 15 is 0 Å². The summed E-state index contributed by atoms with van der Waals surface area (Å²) in [6, 6.07) is 5.25. The van der Waals surface area contributed by atoms with Crippen molar-refractivity contribution in [2.75, 3.05) is 7.11 Å². The van der Waals surface area contributed by atoms with E-state index in [1.165, 1.54) is 7.11 Å². The van der Waals surface area contributed by atoms with Gasteiger partial charge in [0.2, 0.25) is 0 Å². The van der Waals surface area contributed by atoms with Crippen molar-refractivity contribution in [2.45, 2.75) is 32.9 Å². The molecule has 20 heavy (non-hydrogen) atoms. The molecule has 0 aromatic carbocycles. The predicted molar refractivity (Wildman–Crippen MR) is 75.4 cm³/mol. The number of methoxy groups -OCH3 is 1. The molecule has 2 rings (SSSR count). The zero-order chi connectivity index (χ0) is 14.7. The highest BCUT2D eigenvalue weighted by molar-refractivity contribution is 5.75. The van der Waals surface area contributed by atoms with Crippen LogP contribution in [0.5, 0.6) is 0 Å². The van der Waals surface area contributed by atoms with Crippen LogP contribution >= 0.6 is 0 Å². The Morgan fingerprint density at radius 3 is 2.85 bits per heavy atom. The molecule has 5 nitrogen and oxygen atoms in total. The van der Waals surface area contributed by atoms with Crippen LogP contribution in [0, 0.1) is 13.8 Å². The molecule has 0 radical (unpaired) electrons. The molecule has 5 heteroatoms. The summed E-state index contributed by atoms with van der Waals surface area (Å²) in [5, 5.41) is 0. The van der Waals surface area contributed by atoms with E-state index < -0.39 is 6.04 Å². The normalized spacial score (nSPS) is 12.4. The summed E-state index contributed by atoms with van der Waals surface area (Å²) >= 11 is 0. The van der Waals surface area contributed by atoms with Gasteiger partial charge < -0.3 is 19.5 Å². The summed E-state index contributed by atoms with van der Waals surface area (Å²) < 4.78 is 12.2. The van der Waals surface area contributed by atoms with Crippen LogP contribution in [-0.4, -0.2) is 23.7 Å². The van der Waals surface area contributed by atoms with Crippen molar-refractivity contribution in [1.82, 2.24) is 4.57 Å². The van der Waals surface area contributed by atoms with Crippen LogP contribution < -0.4 is 5.73 Å². The van der Waals surface area contributed by atoms with Crippen molar-refractivity contribution in [3.8, 4) is 0 Å². The number of ether oxygens (including phenoxy) is 1. The first-order valence-electron chi connectivity index (χ1n) is 6.54. The molecule has 2 heterocycles. The second-order valence-electron chi connectivity index (χ2n) is 4.90. The first-order valence-corrected chi connectivity index (χ1v) is 6.54. The molecule has 2 aromatic heterocycles. The van der Waals surface area contributed by atoms with Crippen LogP contribution in [0.15, 0.2) is 28.9 Å². The highest BCUT2D eigenvalue weighted by atomic mass is 16.5. The molecule has 0 bridgehead atoms. The Morgan fingerprint density at radius 1 is 1.50 bits per heavy atom. The molecule has 0 fully saturated rings. The fourth-order valence-electron chi connectivity index (χ4n) is 2.35. The molecule has 0 aliphatic heterocycles. The average Bonchev–Trinajstić information content (AvgIpc) is 3.02. The standard InChI is InChI=1S/C15H20N2O3/c1-10-7-12(8-14(16)15(18)19-3)11(2)17(10)9-13-5-4-6-20-13/h4-7,14H,8-9,16H2,1-3H3. The zero-order valence-electron chi connectivity index (χ0n) is 12.1. The Bertz CT molecular complexity index is 585. The lowest BCUT2D eigenvalue weighted by Gasteiger charge is -2.10. The lowest BCUT2D eigenvalue weighted by molar-refractivity contribution is -0.142. The van der Waals surface area contributed by atoms with Gasteiger partial charge in [-0.15, -0.1) is 0 Å². The molecule has 0 saturated heterocycles. The van der Waals surface area contributed by atoms with Crippen molar-refractivity contribution in [1.29, 1.82) is 0 Å². The van der Waals surface area contributed by atoms with Gasteiger partial charge in [-0.1, -0.05) is 0 Å². The second kappa shape index (κ2) is 5.96. The molecule has 1 unspecified atom stereocenters. The molecule has 108 valence electrons. The third kappa shape index (κ3) is 2.93. The van der Waals surface area contributed by atoms with E-state index in [4.69, 9.17) is 10.2 Å². The number of hydrogen-bond acceptors (Lipinski definition) is 4. The van der Waals surface area contributed by atoms with Crippen molar-refractivity contribution in [2.24, 2.45) is 5.73 Å². The van der Waals surface area contributed by atoms with Crippen LogP contribution in [0.1, 0.15) is 22.7 Å². The van der Waals surface area contributed by atoms with Gasteiger partial charge in [-0.2, -0.15) is 0 Å². The van der Waals surface area contributed by atoms with Crippen molar-refractivity contribution in [3.63, 3.8) is 0 Å². The van der Waals surface area contributed by atoms with Crippen molar-refractivity contribution >= 4 is 5.97 Å². The number of hydrogen-bond donors (Lipinski definition) is 1. The Morgan fingerprint density at radius 2 is 2.25 bits per heavy atom. The number of nitrogens with zero attached hydrogens (tertiary/aromatic N) is 1. The molecule has 0 aliphatic rings. The molecule has 0 spiro atoms. The van der Waals surface area contributed by atoms with Crippen LogP contribution in [-0.2, 0) is 22.5 Å². The van der Waals surface area contributed by atoms with Crippen LogP contribution in [0.4, 0.5) is 0 Å². The molecule has 0 amide bonds. The largest absolute Gasteiger partial charge is 0.468 e. The third-order valence-electron chi connectivity index (χ3n) is 3.52. The maximum absolute atomic E-state index is 11.4. The van der Waals surface area contributed by atoms with E-state index in [-0.39, 0.29) is 5.97 Å². The van der Waals surface area contributed by atoms with Gasteiger partial charge in [-0.05, 0) is 44.0 Å². The molecule has 0 saturated carbocycles. The number of nitrogens with two attached hydrogens (primary N) is 1. The molecular weight excluding hydrogens is 256 g/mol. The van der Waals surface area contributed by atoms with Gasteiger partial charge in [0.1, 0.15) is 11.8 Å². The smallest absolute Gasteiger partial charge is 0.322 e. The van der Waals surface area contributed by atoms with Gasteiger partial charge in [0, 0.05) is 11.4 Å². The fourth-order valence-corrected chi connectivity index (χ4v) is 2.35. The first-order chi connectivity index (χ1) is 9.52. The number of esters is 1. The Kier molecular flexibility index (Phi) is 4.29. The van der Waals surface area contributed by atoms with Gasteiger partial charge in [-0.25, -0.2) is 0 Å². The molecular formula is C15H20N2O3. The average molecular weight is 276 g/mol. The van der Waals surface area contributed by atoms with E-state index in [0.29, 0.717) is 13.0 Å². The Hall–Kier alpha value is -2.01. The Labute approximate surface area is 118 Å². The van der Waals surface area contributed by atoms with Crippen LogP contribution in [0.2, 0.25) is 0 Å². The summed E-state index contributed by atoms with van der Waals surface area (Å²) in [6.07, 6.45) is 2.14. The van der Waals surface area contributed by atoms with Gasteiger partial charge in [0.25, 0.3) is 0 Å². The third-order valence-corrected chi connectivity index (χ3v) is 3.52. The van der Waals surface area contributed by atoms with Gasteiger partial charge in [0.05, 0.1) is 19.9 Å². The predicted octanol–water partition coefficient (Wildman–Crippen LogP) is 1.79. The van der Waals surface area contributed by atoms with E-state index in [0.717, 1.165) is 22.7 Å². The quantitative estimate of drug-likeness (QED) is 0.845. The summed E-state index contributed by atoms with van der Waals surface area (Å²) in [6.45, 7) is 4.73. The number of carbonyl (C=O) groups excluding carboxylic acids is 1. The van der Waals surface area contributed by atoms with E-state index in [2.05, 4.69) is 15.4 Å². The lowest BCUT2D eigenvalue weighted by atomic mass is 10.1. The summed E-state index contributed by atoms with van der Waals surface area (Å²) in [4.78, 5) is 11.4. The second-order valence-corrected chi connectivity index (χ2v) is 4.90. The zero-order valence-corrected chi connectivity index (χ0v) is 12.1. The molecule has 2 N–H and O–H groups in total. The summed E-state index contributed by atoms with van der Waals surface area (Å²) in [7, 11) is 1.35. The van der Waals surface area contributed by atoms with Gasteiger partial charge in [0.15, 0.2) is 0 Å². The topological polar surface area (TPSA) is 70.4 Å². The maximum Gasteiger partial charge on any atom is 0.322 e. The highest BCUT2D eigenvalue weighted by Crippen LogP contribution is 2.18. The molecule has 1 atom stereocenters. The number of rotatable bonds is 5. The number of furan rings is 1. The fraction of sp³-hybridized carbons (Fsp3) is 0.400. The van der Waals surface area contributed by atoms with Crippen molar-refractivity contribution < 1.29 is 13.9 Å². The minimum atomic E-state index is -0.627.